The van der Waals surface area contributed by atoms with Crippen molar-refractivity contribution >= 4 is 11.5 Å². The second-order valence-electron chi connectivity index (χ2n) is 4.83. The van der Waals surface area contributed by atoms with Crippen LogP contribution in [-0.4, -0.2) is 4.98 Å². The molecule has 2 aromatic rings. The molecule has 0 amide bonds. The molecule has 0 unspecified atom stereocenters. The van der Waals surface area contributed by atoms with E-state index in [0.717, 1.165) is 17.2 Å². The van der Waals surface area contributed by atoms with E-state index in [2.05, 4.69) is 10.3 Å². The number of aryl methyl sites for hydroxylation is 2. The third kappa shape index (κ3) is 3.52. The number of anilines is 2. The van der Waals surface area contributed by atoms with E-state index in [1.807, 2.05) is 26.0 Å². The van der Waals surface area contributed by atoms with Gasteiger partial charge in [0.05, 0.1) is 0 Å². The number of rotatable bonds is 3. The second-order valence-corrected chi connectivity index (χ2v) is 4.83. The number of nitrogens with one attached hydrogen (secondary N) is 1. The average Bonchev–Trinajstić information content (AvgIpc) is 2.42. The van der Waals surface area contributed by atoms with E-state index in [0.29, 0.717) is 11.3 Å². The molecular formula is C15H16F3N3. The van der Waals surface area contributed by atoms with Gasteiger partial charge in [0.2, 0.25) is 0 Å². The Morgan fingerprint density at radius 2 is 1.81 bits per heavy atom. The normalized spacial score (nSPS) is 11.5. The first-order valence-corrected chi connectivity index (χ1v) is 6.42. The van der Waals surface area contributed by atoms with Gasteiger partial charge in [-0.2, -0.15) is 13.2 Å². The Bertz CT molecular complexity index is 651. The van der Waals surface area contributed by atoms with Gasteiger partial charge in [0.15, 0.2) is 0 Å². The second kappa shape index (κ2) is 5.73. The van der Waals surface area contributed by atoms with Crippen LogP contribution < -0.4 is 11.1 Å². The maximum atomic E-state index is 12.7. The third-order valence-corrected chi connectivity index (χ3v) is 3.26. The zero-order valence-electron chi connectivity index (χ0n) is 11.8. The molecule has 0 saturated heterocycles. The molecular weight excluding hydrogens is 279 g/mol. The lowest BCUT2D eigenvalue weighted by molar-refractivity contribution is -0.141. The number of nitrogens with two attached hydrogens (primary N) is 1. The van der Waals surface area contributed by atoms with Gasteiger partial charge in [-0.3, -0.25) is 0 Å². The Morgan fingerprint density at radius 1 is 1.10 bits per heavy atom. The number of aromatic nitrogens is 1. The minimum atomic E-state index is -4.48. The Kier molecular flexibility index (Phi) is 4.18. The summed E-state index contributed by atoms with van der Waals surface area (Å²) >= 11 is 0. The summed E-state index contributed by atoms with van der Waals surface area (Å²) in [4.78, 5) is 3.65. The van der Waals surface area contributed by atoms with E-state index in [1.165, 1.54) is 6.07 Å². The third-order valence-electron chi connectivity index (χ3n) is 3.26. The highest BCUT2D eigenvalue weighted by Crippen LogP contribution is 2.30. The van der Waals surface area contributed by atoms with Crippen LogP contribution in [0.25, 0.3) is 0 Å². The van der Waals surface area contributed by atoms with Crippen molar-refractivity contribution in [2.45, 2.75) is 26.6 Å². The lowest BCUT2D eigenvalue weighted by Gasteiger charge is -2.14. The molecule has 6 heteroatoms. The topological polar surface area (TPSA) is 50.9 Å². The minimum Gasteiger partial charge on any atom is -0.340 e. The first-order valence-electron chi connectivity index (χ1n) is 6.42. The fraction of sp³-hybridized carbons (Fsp3) is 0.267. The first kappa shape index (κ1) is 15.3. The van der Waals surface area contributed by atoms with Crippen molar-refractivity contribution in [3.05, 3.63) is 52.7 Å². The molecule has 0 atom stereocenters. The van der Waals surface area contributed by atoms with Crippen molar-refractivity contribution in [2.75, 3.05) is 5.32 Å². The van der Waals surface area contributed by atoms with Gasteiger partial charge in [-0.05, 0) is 43.2 Å². The van der Waals surface area contributed by atoms with Gasteiger partial charge in [0.25, 0.3) is 0 Å². The van der Waals surface area contributed by atoms with Crippen molar-refractivity contribution in [2.24, 2.45) is 5.73 Å². The molecule has 0 bridgehead atoms. The maximum Gasteiger partial charge on any atom is 0.433 e. The van der Waals surface area contributed by atoms with Crippen LogP contribution in [0, 0.1) is 13.8 Å². The van der Waals surface area contributed by atoms with Crippen LogP contribution in [0.3, 0.4) is 0 Å². The molecule has 3 nitrogen and oxygen atoms in total. The Morgan fingerprint density at radius 3 is 2.38 bits per heavy atom. The van der Waals surface area contributed by atoms with Gasteiger partial charge in [0, 0.05) is 17.8 Å². The van der Waals surface area contributed by atoms with Crippen LogP contribution in [0.15, 0.2) is 30.3 Å². The van der Waals surface area contributed by atoms with E-state index in [-0.39, 0.29) is 12.4 Å². The smallest absolute Gasteiger partial charge is 0.340 e. The summed E-state index contributed by atoms with van der Waals surface area (Å²) in [6.07, 6.45) is -4.48. The van der Waals surface area contributed by atoms with Crippen LogP contribution in [0.4, 0.5) is 24.7 Å². The molecule has 0 spiro atoms. The Labute approximate surface area is 121 Å². The monoisotopic (exact) mass is 295 g/mol. The number of benzene rings is 1. The van der Waals surface area contributed by atoms with Crippen LogP contribution in [0.5, 0.6) is 0 Å². The Hall–Kier alpha value is -2.08. The predicted molar refractivity (Wildman–Crippen MR) is 76.3 cm³/mol. The number of alkyl halides is 3. The molecule has 0 fully saturated rings. The molecule has 3 N–H and O–H groups in total. The standard InChI is InChI=1S/C15H16F3N3/c1-9-3-5-12(7-10(9)2)20-14-11(8-19)4-6-13(21-14)15(16,17)18/h3-7H,8,19H2,1-2H3,(H,20,21). The first-order chi connectivity index (χ1) is 9.81. The van der Waals surface area contributed by atoms with Gasteiger partial charge in [-0.25, -0.2) is 4.98 Å². The van der Waals surface area contributed by atoms with E-state index >= 15 is 0 Å². The fourth-order valence-electron chi connectivity index (χ4n) is 1.87. The summed E-state index contributed by atoms with van der Waals surface area (Å²) in [7, 11) is 0. The molecule has 2 rings (SSSR count). The lowest BCUT2D eigenvalue weighted by atomic mass is 10.1. The quantitative estimate of drug-likeness (QED) is 0.902. The molecule has 1 aromatic carbocycles. The SMILES string of the molecule is Cc1ccc(Nc2nc(C(F)(F)F)ccc2CN)cc1C. The predicted octanol–water partition coefficient (Wildman–Crippen LogP) is 3.92. The highest BCUT2D eigenvalue weighted by Gasteiger charge is 2.33. The highest BCUT2D eigenvalue weighted by molar-refractivity contribution is 5.61. The van der Waals surface area contributed by atoms with Crippen molar-refractivity contribution in [1.29, 1.82) is 0 Å². The Balaban J connectivity index is 2.39. The average molecular weight is 295 g/mol. The molecule has 0 radical (unpaired) electrons. The summed E-state index contributed by atoms with van der Waals surface area (Å²) in [6.45, 7) is 4.01. The van der Waals surface area contributed by atoms with Crippen LogP contribution in [0.1, 0.15) is 22.4 Å². The summed E-state index contributed by atoms with van der Waals surface area (Å²) in [6, 6.07) is 7.84. The van der Waals surface area contributed by atoms with E-state index in [1.54, 1.807) is 6.07 Å². The fourth-order valence-corrected chi connectivity index (χ4v) is 1.87. The number of hydrogen-bond donors (Lipinski definition) is 2. The minimum absolute atomic E-state index is 0.109. The molecule has 1 aromatic heterocycles. The summed E-state index contributed by atoms with van der Waals surface area (Å²) in [5.74, 6) is 0.135. The summed E-state index contributed by atoms with van der Waals surface area (Å²) < 4.78 is 38.2. The van der Waals surface area contributed by atoms with Crippen molar-refractivity contribution < 1.29 is 13.2 Å². The molecule has 1 heterocycles. The van der Waals surface area contributed by atoms with Crippen molar-refractivity contribution in [3.63, 3.8) is 0 Å². The summed E-state index contributed by atoms with van der Waals surface area (Å²) in [5, 5.41) is 2.91. The maximum absolute atomic E-state index is 12.7. The molecule has 0 saturated carbocycles. The molecule has 0 aliphatic heterocycles. The largest absolute Gasteiger partial charge is 0.433 e. The zero-order valence-corrected chi connectivity index (χ0v) is 11.8. The van der Waals surface area contributed by atoms with Crippen molar-refractivity contribution in [1.82, 2.24) is 4.98 Å². The van der Waals surface area contributed by atoms with Crippen LogP contribution in [-0.2, 0) is 12.7 Å². The summed E-state index contributed by atoms with van der Waals surface area (Å²) in [5.41, 5.74) is 7.98. The number of pyridine rings is 1. The van der Waals surface area contributed by atoms with Crippen molar-refractivity contribution in [3.8, 4) is 0 Å². The van der Waals surface area contributed by atoms with Gasteiger partial charge < -0.3 is 11.1 Å². The zero-order chi connectivity index (χ0) is 15.6. The van der Waals surface area contributed by atoms with Gasteiger partial charge in [-0.15, -0.1) is 0 Å². The van der Waals surface area contributed by atoms with Crippen LogP contribution >= 0.6 is 0 Å². The van der Waals surface area contributed by atoms with Gasteiger partial charge >= 0.3 is 6.18 Å². The van der Waals surface area contributed by atoms with Gasteiger partial charge in [-0.1, -0.05) is 12.1 Å². The number of halogens is 3. The molecule has 0 aliphatic rings. The van der Waals surface area contributed by atoms with E-state index in [4.69, 9.17) is 5.73 Å². The van der Waals surface area contributed by atoms with E-state index < -0.39 is 11.9 Å². The molecule has 21 heavy (non-hydrogen) atoms. The highest BCUT2D eigenvalue weighted by atomic mass is 19.4. The number of nitrogens with zero attached hydrogens (tertiary/aromatic N) is 1. The van der Waals surface area contributed by atoms with Gasteiger partial charge in [0.1, 0.15) is 11.5 Å². The number of hydrogen-bond acceptors (Lipinski definition) is 3. The molecule has 112 valence electrons. The van der Waals surface area contributed by atoms with E-state index in [9.17, 15) is 13.2 Å². The van der Waals surface area contributed by atoms with Crippen LogP contribution in [0.2, 0.25) is 0 Å². The molecule has 0 aliphatic carbocycles. The lowest BCUT2D eigenvalue weighted by Crippen LogP contribution is -2.12.